The predicted octanol–water partition coefficient (Wildman–Crippen LogP) is 2.06. The minimum Gasteiger partial charge on any atom is -0.330 e. The molecular formula is C13H25ClN4. The highest BCUT2D eigenvalue weighted by Gasteiger charge is 2.18. The molecule has 5 heteroatoms. The molecule has 4 nitrogen and oxygen atoms in total. The molecule has 0 unspecified atom stereocenters. The van der Waals surface area contributed by atoms with Gasteiger partial charge in [0.15, 0.2) is 0 Å². The Balaban J connectivity index is 0.00000162. The van der Waals surface area contributed by atoms with Crippen LogP contribution in [-0.4, -0.2) is 34.3 Å². The molecule has 0 saturated carbocycles. The number of likely N-dealkylation sites (tertiary alicyclic amines) is 1. The van der Waals surface area contributed by atoms with E-state index in [4.69, 9.17) is 5.73 Å². The summed E-state index contributed by atoms with van der Waals surface area (Å²) in [5, 5.41) is 4.38. The van der Waals surface area contributed by atoms with Crippen LogP contribution in [0.4, 0.5) is 0 Å². The second-order valence-corrected chi connectivity index (χ2v) is 5.38. The van der Waals surface area contributed by atoms with E-state index in [-0.39, 0.29) is 12.4 Å². The zero-order chi connectivity index (χ0) is 12.3. The van der Waals surface area contributed by atoms with Crippen LogP contribution >= 0.6 is 12.4 Å². The van der Waals surface area contributed by atoms with Crippen molar-refractivity contribution in [3.63, 3.8) is 0 Å². The molecule has 1 saturated heterocycles. The molecule has 104 valence electrons. The summed E-state index contributed by atoms with van der Waals surface area (Å²) in [5.41, 5.74) is 7.03. The second kappa shape index (κ2) is 7.12. The third kappa shape index (κ3) is 3.97. The Labute approximate surface area is 116 Å². The molecule has 2 heterocycles. The summed E-state index contributed by atoms with van der Waals surface area (Å²) in [6, 6.07) is 0.451. The van der Waals surface area contributed by atoms with Gasteiger partial charge in [-0.15, -0.1) is 12.4 Å². The van der Waals surface area contributed by atoms with E-state index < -0.39 is 0 Å². The smallest absolute Gasteiger partial charge is 0.0534 e. The van der Waals surface area contributed by atoms with Crippen molar-refractivity contribution in [3.05, 3.63) is 18.0 Å². The van der Waals surface area contributed by atoms with Gasteiger partial charge in [-0.1, -0.05) is 0 Å². The fourth-order valence-corrected chi connectivity index (χ4v) is 2.38. The minimum atomic E-state index is 0. The largest absolute Gasteiger partial charge is 0.330 e. The van der Waals surface area contributed by atoms with Crippen LogP contribution in [0, 0.1) is 5.92 Å². The molecule has 0 amide bonds. The molecule has 0 atom stereocenters. The lowest BCUT2D eigenvalue weighted by atomic mass is 9.97. The van der Waals surface area contributed by atoms with Crippen molar-refractivity contribution >= 4 is 12.4 Å². The van der Waals surface area contributed by atoms with Crippen molar-refractivity contribution < 1.29 is 0 Å². The summed E-state index contributed by atoms with van der Waals surface area (Å²) in [4.78, 5) is 2.51. The summed E-state index contributed by atoms with van der Waals surface area (Å²) >= 11 is 0. The van der Waals surface area contributed by atoms with Crippen molar-refractivity contribution in [1.82, 2.24) is 14.7 Å². The van der Waals surface area contributed by atoms with Crippen LogP contribution in [-0.2, 0) is 6.54 Å². The van der Waals surface area contributed by atoms with Crippen LogP contribution in [0.3, 0.4) is 0 Å². The topological polar surface area (TPSA) is 47.1 Å². The molecule has 2 rings (SSSR count). The highest BCUT2D eigenvalue weighted by atomic mass is 35.5. The van der Waals surface area contributed by atoms with Crippen molar-refractivity contribution in [3.8, 4) is 0 Å². The highest BCUT2D eigenvalue weighted by Crippen LogP contribution is 2.18. The number of piperidine rings is 1. The zero-order valence-electron chi connectivity index (χ0n) is 11.4. The minimum absolute atomic E-state index is 0. The first-order valence-electron chi connectivity index (χ1n) is 6.64. The molecule has 1 aliphatic heterocycles. The quantitative estimate of drug-likeness (QED) is 0.913. The fraction of sp³-hybridized carbons (Fsp3) is 0.769. The van der Waals surface area contributed by atoms with E-state index in [1.807, 2.05) is 10.9 Å². The Morgan fingerprint density at radius 3 is 2.56 bits per heavy atom. The highest BCUT2D eigenvalue weighted by molar-refractivity contribution is 5.85. The Hall–Kier alpha value is -0.580. The molecule has 0 spiro atoms. The Bertz CT molecular complexity index is 343. The van der Waals surface area contributed by atoms with Crippen LogP contribution in [0.25, 0.3) is 0 Å². The summed E-state index contributed by atoms with van der Waals surface area (Å²) in [5.74, 6) is 0.740. The van der Waals surface area contributed by atoms with E-state index in [9.17, 15) is 0 Å². The average Bonchev–Trinajstić information content (AvgIpc) is 2.79. The molecule has 1 aromatic heterocycles. The van der Waals surface area contributed by atoms with Crippen LogP contribution in [0.2, 0.25) is 0 Å². The lowest BCUT2D eigenvalue weighted by Crippen LogP contribution is -2.35. The van der Waals surface area contributed by atoms with Crippen LogP contribution in [0.1, 0.15) is 38.3 Å². The number of hydrogen-bond acceptors (Lipinski definition) is 3. The van der Waals surface area contributed by atoms with E-state index in [2.05, 4.69) is 30.0 Å². The van der Waals surface area contributed by atoms with Crippen molar-refractivity contribution in [1.29, 1.82) is 0 Å². The zero-order valence-corrected chi connectivity index (χ0v) is 12.2. The molecule has 0 aromatic carbocycles. The van der Waals surface area contributed by atoms with Gasteiger partial charge in [0, 0.05) is 24.3 Å². The molecule has 0 aliphatic carbocycles. The van der Waals surface area contributed by atoms with Gasteiger partial charge in [0.25, 0.3) is 0 Å². The number of nitrogens with two attached hydrogens (primary N) is 1. The van der Waals surface area contributed by atoms with Crippen LogP contribution < -0.4 is 5.73 Å². The van der Waals surface area contributed by atoms with E-state index in [1.54, 1.807) is 0 Å². The number of nitrogens with zero attached hydrogens (tertiary/aromatic N) is 3. The summed E-state index contributed by atoms with van der Waals surface area (Å²) in [6.45, 7) is 8.54. The summed E-state index contributed by atoms with van der Waals surface area (Å²) in [6.07, 6.45) is 6.65. The van der Waals surface area contributed by atoms with Gasteiger partial charge < -0.3 is 5.73 Å². The molecule has 0 radical (unpaired) electrons. The van der Waals surface area contributed by atoms with Crippen molar-refractivity contribution in [2.75, 3.05) is 19.6 Å². The van der Waals surface area contributed by atoms with E-state index in [0.29, 0.717) is 6.04 Å². The number of halogens is 1. The number of hydrogen-bond donors (Lipinski definition) is 1. The average molecular weight is 273 g/mol. The monoisotopic (exact) mass is 272 g/mol. The van der Waals surface area contributed by atoms with Gasteiger partial charge in [-0.3, -0.25) is 9.58 Å². The van der Waals surface area contributed by atoms with Gasteiger partial charge in [-0.05, 0) is 52.2 Å². The lowest BCUT2D eigenvalue weighted by molar-refractivity contribution is 0.180. The SMILES string of the molecule is CC(C)n1cc(CN2CCC(CN)CC2)cn1.Cl. The first kappa shape index (κ1) is 15.5. The molecule has 1 aromatic rings. The maximum Gasteiger partial charge on any atom is 0.0534 e. The summed E-state index contributed by atoms with van der Waals surface area (Å²) < 4.78 is 2.03. The number of aromatic nitrogens is 2. The standard InChI is InChI=1S/C13H24N4.ClH/c1-11(2)17-10-13(8-15-17)9-16-5-3-12(7-14)4-6-16;/h8,10-12H,3-7,9,14H2,1-2H3;1H. The van der Waals surface area contributed by atoms with Crippen molar-refractivity contribution in [2.24, 2.45) is 11.7 Å². The van der Waals surface area contributed by atoms with E-state index >= 15 is 0 Å². The fourth-order valence-electron chi connectivity index (χ4n) is 2.38. The molecule has 1 fully saturated rings. The first-order valence-corrected chi connectivity index (χ1v) is 6.64. The maximum absolute atomic E-state index is 5.71. The van der Waals surface area contributed by atoms with Crippen molar-refractivity contribution in [2.45, 2.75) is 39.3 Å². The third-order valence-corrected chi connectivity index (χ3v) is 3.63. The van der Waals surface area contributed by atoms with E-state index in [1.165, 1.54) is 31.5 Å². The normalized spacial score (nSPS) is 18.0. The first-order chi connectivity index (χ1) is 8.19. The third-order valence-electron chi connectivity index (χ3n) is 3.63. The molecular weight excluding hydrogens is 248 g/mol. The molecule has 18 heavy (non-hydrogen) atoms. The van der Waals surface area contributed by atoms with Crippen LogP contribution in [0.5, 0.6) is 0 Å². The van der Waals surface area contributed by atoms with Gasteiger partial charge in [0.1, 0.15) is 0 Å². The Kier molecular flexibility index (Phi) is 6.12. The van der Waals surface area contributed by atoms with Gasteiger partial charge >= 0.3 is 0 Å². The number of rotatable bonds is 4. The van der Waals surface area contributed by atoms with Gasteiger partial charge in [0.05, 0.1) is 6.20 Å². The predicted molar refractivity (Wildman–Crippen MR) is 76.9 cm³/mol. The van der Waals surface area contributed by atoms with Gasteiger partial charge in [-0.2, -0.15) is 5.10 Å². The lowest BCUT2D eigenvalue weighted by Gasteiger charge is -2.30. The van der Waals surface area contributed by atoms with E-state index in [0.717, 1.165) is 19.0 Å². The molecule has 2 N–H and O–H groups in total. The van der Waals surface area contributed by atoms with Gasteiger partial charge in [0.2, 0.25) is 0 Å². The Morgan fingerprint density at radius 2 is 2.06 bits per heavy atom. The van der Waals surface area contributed by atoms with Gasteiger partial charge in [-0.25, -0.2) is 0 Å². The molecule has 1 aliphatic rings. The maximum atomic E-state index is 5.71. The Morgan fingerprint density at radius 1 is 1.39 bits per heavy atom. The molecule has 0 bridgehead atoms. The second-order valence-electron chi connectivity index (χ2n) is 5.38. The van der Waals surface area contributed by atoms with Crippen LogP contribution in [0.15, 0.2) is 12.4 Å². The summed E-state index contributed by atoms with van der Waals surface area (Å²) in [7, 11) is 0.